The summed E-state index contributed by atoms with van der Waals surface area (Å²) >= 11 is 1.75. The number of thiazole rings is 1. The lowest BCUT2D eigenvalue weighted by Gasteiger charge is -2.32. The van der Waals surface area contributed by atoms with Crippen LogP contribution >= 0.6 is 11.3 Å². The van der Waals surface area contributed by atoms with Gasteiger partial charge in [0.15, 0.2) is 11.5 Å². The molecule has 3 heterocycles. The van der Waals surface area contributed by atoms with Crippen molar-refractivity contribution in [2.45, 2.75) is 32.1 Å². The van der Waals surface area contributed by atoms with Gasteiger partial charge in [0.1, 0.15) is 0 Å². The van der Waals surface area contributed by atoms with Gasteiger partial charge in [0, 0.05) is 24.4 Å². The van der Waals surface area contributed by atoms with Crippen LogP contribution in [0, 0.1) is 0 Å². The Balaban J connectivity index is 1.71. The van der Waals surface area contributed by atoms with Crippen molar-refractivity contribution in [2.75, 3.05) is 25.1 Å². The quantitative estimate of drug-likeness (QED) is 0.802. The number of aryl methyl sites for hydroxylation is 1. The second-order valence-electron chi connectivity index (χ2n) is 5.58. The van der Waals surface area contributed by atoms with Gasteiger partial charge in [0.05, 0.1) is 17.8 Å². The second-order valence-corrected chi connectivity index (χ2v) is 6.47. The SMILES string of the molecule is CCc1csc([C@@H]2CCCN(c3ccc(C(=O)OC)nn3)C2)n1. The maximum atomic E-state index is 11.4. The second kappa shape index (κ2) is 7.04. The van der Waals surface area contributed by atoms with Gasteiger partial charge in [-0.1, -0.05) is 6.92 Å². The van der Waals surface area contributed by atoms with Gasteiger partial charge in [-0.3, -0.25) is 0 Å². The number of carbonyl (C=O) groups is 1. The Morgan fingerprint density at radius 1 is 1.43 bits per heavy atom. The van der Waals surface area contributed by atoms with Crippen LogP contribution in [0.15, 0.2) is 17.5 Å². The predicted octanol–water partition coefficient (Wildman–Crippen LogP) is 2.67. The Kier molecular flexibility index (Phi) is 4.85. The third-order valence-corrected chi connectivity index (χ3v) is 5.13. The van der Waals surface area contributed by atoms with Crippen LogP contribution in [0.2, 0.25) is 0 Å². The lowest BCUT2D eigenvalue weighted by atomic mass is 9.99. The maximum Gasteiger partial charge on any atom is 0.358 e. The number of anilines is 1. The summed E-state index contributed by atoms with van der Waals surface area (Å²) in [5.74, 6) is 0.779. The molecule has 7 heteroatoms. The van der Waals surface area contributed by atoms with Crippen LogP contribution in [0.3, 0.4) is 0 Å². The molecule has 0 radical (unpaired) electrons. The van der Waals surface area contributed by atoms with Crippen molar-refractivity contribution in [1.82, 2.24) is 15.2 Å². The van der Waals surface area contributed by atoms with Gasteiger partial charge < -0.3 is 9.64 Å². The summed E-state index contributed by atoms with van der Waals surface area (Å²) in [6.07, 6.45) is 3.24. The van der Waals surface area contributed by atoms with Gasteiger partial charge >= 0.3 is 5.97 Å². The first kappa shape index (κ1) is 15.9. The molecule has 0 saturated carbocycles. The molecular weight excluding hydrogens is 312 g/mol. The zero-order chi connectivity index (χ0) is 16.2. The van der Waals surface area contributed by atoms with Crippen molar-refractivity contribution in [3.63, 3.8) is 0 Å². The lowest BCUT2D eigenvalue weighted by Crippen LogP contribution is -2.35. The molecule has 0 aromatic carbocycles. The number of esters is 1. The summed E-state index contributed by atoms with van der Waals surface area (Å²) in [6.45, 7) is 3.97. The normalized spacial score (nSPS) is 18.0. The maximum absolute atomic E-state index is 11.4. The Morgan fingerprint density at radius 2 is 2.30 bits per heavy atom. The zero-order valence-corrected chi connectivity index (χ0v) is 14.2. The number of ether oxygens (including phenoxy) is 1. The first-order chi connectivity index (χ1) is 11.2. The van der Waals surface area contributed by atoms with Gasteiger partial charge in [-0.25, -0.2) is 9.78 Å². The molecule has 0 N–H and O–H groups in total. The molecule has 1 fully saturated rings. The fraction of sp³-hybridized carbons (Fsp3) is 0.500. The highest BCUT2D eigenvalue weighted by Gasteiger charge is 2.25. The molecular formula is C16H20N4O2S. The minimum atomic E-state index is -0.463. The van der Waals surface area contributed by atoms with Gasteiger partial charge in [0.25, 0.3) is 0 Å². The van der Waals surface area contributed by atoms with Gasteiger partial charge in [-0.2, -0.15) is 0 Å². The Morgan fingerprint density at radius 3 is 2.96 bits per heavy atom. The molecule has 0 bridgehead atoms. The highest BCUT2D eigenvalue weighted by molar-refractivity contribution is 7.09. The standard InChI is InChI=1S/C16H20N4O2S/c1-3-12-10-23-15(17-12)11-5-4-8-20(9-11)14-7-6-13(18-19-14)16(21)22-2/h6-7,10-11H,3-5,8-9H2,1-2H3/t11-/m1/s1. The number of hydrogen-bond donors (Lipinski definition) is 0. The van der Waals surface area contributed by atoms with Crippen LogP contribution in [0.5, 0.6) is 0 Å². The van der Waals surface area contributed by atoms with Gasteiger partial charge in [-0.15, -0.1) is 21.5 Å². The molecule has 1 atom stereocenters. The van der Waals surface area contributed by atoms with E-state index in [0.29, 0.717) is 5.92 Å². The molecule has 1 aliphatic heterocycles. The first-order valence-corrected chi connectivity index (χ1v) is 8.70. The van der Waals surface area contributed by atoms with Crippen molar-refractivity contribution in [2.24, 2.45) is 0 Å². The topological polar surface area (TPSA) is 68.2 Å². The number of carbonyl (C=O) groups excluding carboxylic acids is 1. The minimum Gasteiger partial charge on any atom is -0.464 e. The fourth-order valence-corrected chi connectivity index (χ4v) is 3.80. The van der Waals surface area contributed by atoms with Crippen molar-refractivity contribution < 1.29 is 9.53 Å². The number of piperidine rings is 1. The molecule has 6 nitrogen and oxygen atoms in total. The Hall–Kier alpha value is -2.02. The third-order valence-electron chi connectivity index (χ3n) is 4.07. The highest BCUT2D eigenvalue weighted by atomic mass is 32.1. The molecule has 122 valence electrons. The largest absolute Gasteiger partial charge is 0.464 e. The van der Waals surface area contributed by atoms with Crippen LogP contribution in [-0.4, -0.2) is 41.3 Å². The molecule has 23 heavy (non-hydrogen) atoms. The van der Waals surface area contributed by atoms with E-state index in [-0.39, 0.29) is 5.69 Å². The number of nitrogens with zero attached hydrogens (tertiary/aromatic N) is 4. The number of hydrogen-bond acceptors (Lipinski definition) is 7. The third kappa shape index (κ3) is 3.50. The monoisotopic (exact) mass is 332 g/mol. The highest BCUT2D eigenvalue weighted by Crippen LogP contribution is 2.31. The van der Waals surface area contributed by atoms with E-state index in [2.05, 4.69) is 32.1 Å². The molecule has 0 unspecified atom stereocenters. The summed E-state index contributed by atoms with van der Waals surface area (Å²) in [5.41, 5.74) is 1.40. The van der Waals surface area contributed by atoms with Crippen LogP contribution in [0.4, 0.5) is 5.82 Å². The van der Waals surface area contributed by atoms with Crippen molar-refractivity contribution >= 4 is 23.1 Å². The molecule has 0 spiro atoms. The molecule has 3 rings (SSSR count). The molecule has 1 saturated heterocycles. The zero-order valence-electron chi connectivity index (χ0n) is 13.4. The lowest BCUT2D eigenvalue weighted by molar-refractivity contribution is 0.0592. The predicted molar refractivity (Wildman–Crippen MR) is 89.1 cm³/mol. The van der Waals surface area contributed by atoms with Crippen molar-refractivity contribution in [3.8, 4) is 0 Å². The van der Waals surface area contributed by atoms with Crippen molar-refractivity contribution in [1.29, 1.82) is 0 Å². The Bertz CT molecular complexity index is 671. The summed E-state index contributed by atoms with van der Waals surface area (Å²) in [5, 5.41) is 11.5. The van der Waals surface area contributed by atoms with Crippen LogP contribution in [0.25, 0.3) is 0 Å². The summed E-state index contributed by atoms with van der Waals surface area (Å²) in [7, 11) is 1.34. The van der Waals surface area contributed by atoms with Crippen LogP contribution in [-0.2, 0) is 11.2 Å². The smallest absolute Gasteiger partial charge is 0.358 e. The van der Waals surface area contributed by atoms with Crippen molar-refractivity contribution in [3.05, 3.63) is 33.9 Å². The van der Waals surface area contributed by atoms with E-state index in [9.17, 15) is 4.79 Å². The fourth-order valence-electron chi connectivity index (χ4n) is 2.77. The van der Waals surface area contributed by atoms with E-state index >= 15 is 0 Å². The van der Waals surface area contributed by atoms with Crippen LogP contribution in [0.1, 0.15) is 46.9 Å². The van der Waals surface area contributed by atoms with Crippen LogP contribution < -0.4 is 4.90 Å². The molecule has 2 aromatic heterocycles. The first-order valence-electron chi connectivity index (χ1n) is 7.82. The summed E-state index contributed by atoms with van der Waals surface area (Å²) in [6, 6.07) is 3.50. The van der Waals surface area contributed by atoms with E-state index in [1.54, 1.807) is 17.4 Å². The van der Waals surface area contributed by atoms with E-state index in [4.69, 9.17) is 4.98 Å². The summed E-state index contributed by atoms with van der Waals surface area (Å²) in [4.78, 5) is 18.4. The van der Waals surface area contributed by atoms with E-state index in [1.165, 1.54) is 17.8 Å². The summed E-state index contributed by atoms with van der Waals surface area (Å²) < 4.78 is 4.65. The molecule has 0 aliphatic carbocycles. The van der Waals surface area contributed by atoms with Gasteiger partial charge in [-0.05, 0) is 31.4 Å². The average Bonchev–Trinajstić information content (AvgIpc) is 3.10. The molecule has 1 aliphatic rings. The van der Waals surface area contributed by atoms with Gasteiger partial charge in [0.2, 0.25) is 0 Å². The molecule has 2 aromatic rings. The minimum absolute atomic E-state index is 0.234. The van der Waals surface area contributed by atoms with E-state index < -0.39 is 5.97 Å². The Labute approximate surface area is 139 Å². The average molecular weight is 332 g/mol. The number of aromatic nitrogens is 3. The van der Waals surface area contributed by atoms with E-state index in [1.807, 2.05) is 6.07 Å². The number of rotatable bonds is 4. The molecule has 0 amide bonds. The van der Waals surface area contributed by atoms with E-state index in [0.717, 1.165) is 38.2 Å². The number of methoxy groups -OCH3 is 1.